The van der Waals surface area contributed by atoms with Crippen LogP contribution >= 0.6 is 0 Å². The summed E-state index contributed by atoms with van der Waals surface area (Å²) in [6.45, 7) is 0.636. The van der Waals surface area contributed by atoms with Crippen LogP contribution in [0.2, 0.25) is 0 Å². The summed E-state index contributed by atoms with van der Waals surface area (Å²) in [5.74, 6) is -0.956. The number of amides is 3. The molecule has 1 aliphatic rings. The van der Waals surface area contributed by atoms with Gasteiger partial charge in [0.05, 0.1) is 0 Å². The van der Waals surface area contributed by atoms with E-state index in [0.29, 0.717) is 24.2 Å². The Morgan fingerprint density at radius 3 is 2.72 bits per heavy atom. The minimum atomic E-state index is -0.841. The van der Waals surface area contributed by atoms with Gasteiger partial charge in [0, 0.05) is 44.4 Å². The van der Waals surface area contributed by atoms with Crippen LogP contribution in [0.3, 0.4) is 0 Å². The van der Waals surface area contributed by atoms with Crippen molar-refractivity contribution in [3.63, 3.8) is 0 Å². The molecule has 1 aliphatic heterocycles. The van der Waals surface area contributed by atoms with E-state index in [4.69, 9.17) is 5.11 Å². The molecule has 7 heteroatoms. The zero-order valence-electron chi connectivity index (χ0n) is 14.7. The molecular formula is C18H25N3O4. The van der Waals surface area contributed by atoms with E-state index < -0.39 is 5.97 Å². The molecule has 2 rings (SSSR count). The summed E-state index contributed by atoms with van der Waals surface area (Å²) in [5, 5.41) is 11.6. The predicted molar refractivity (Wildman–Crippen MR) is 94.7 cm³/mol. The number of nitrogens with zero attached hydrogens (tertiary/aromatic N) is 2. The summed E-state index contributed by atoms with van der Waals surface area (Å²) >= 11 is 0. The molecule has 1 aromatic carbocycles. The fourth-order valence-electron chi connectivity index (χ4n) is 2.99. The van der Waals surface area contributed by atoms with Crippen LogP contribution in [0.25, 0.3) is 0 Å². The van der Waals surface area contributed by atoms with Crippen molar-refractivity contribution in [1.29, 1.82) is 0 Å². The molecule has 0 bridgehead atoms. The highest BCUT2D eigenvalue weighted by atomic mass is 16.4. The predicted octanol–water partition coefficient (Wildman–Crippen LogP) is 2.64. The maximum atomic E-state index is 12.9. The summed E-state index contributed by atoms with van der Waals surface area (Å²) in [6.07, 6.45) is 3.29. The Hall–Kier alpha value is -2.57. The summed E-state index contributed by atoms with van der Waals surface area (Å²) in [4.78, 5) is 38.7. The first-order chi connectivity index (χ1) is 11.9. The number of carbonyl (C=O) groups excluding carboxylic acids is 2. The van der Waals surface area contributed by atoms with Crippen molar-refractivity contribution in [2.75, 3.05) is 26.0 Å². The molecule has 1 saturated heterocycles. The van der Waals surface area contributed by atoms with Gasteiger partial charge in [-0.15, -0.1) is 0 Å². The first-order valence-electron chi connectivity index (χ1n) is 8.49. The van der Waals surface area contributed by atoms with Crippen LogP contribution in [0.15, 0.2) is 24.3 Å². The van der Waals surface area contributed by atoms with Gasteiger partial charge in [0.1, 0.15) is 0 Å². The Labute approximate surface area is 147 Å². The maximum absolute atomic E-state index is 12.9. The molecule has 0 saturated carbocycles. The van der Waals surface area contributed by atoms with Crippen LogP contribution < -0.4 is 5.32 Å². The summed E-state index contributed by atoms with van der Waals surface area (Å²) in [7, 11) is 3.29. The van der Waals surface area contributed by atoms with Gasteiger partial charge < -0.3 is 20.2 Å². The molecule has 1 unspecified atom stereocenters. The summed E-state index contributed by atoms with van der Waals surface area (Å²) < 4.78 is 0. The van der Waals surface area contributed by atoms with E-state index in [-0.39, 0.29) is 24.4 Å². The lowest BCUT2D eigenvalue weighted by Crippen LogP contribution is -2.44. The normalized spacial score (nSPS) is 17.0. The lowest BCUT2D eigenvalue weighted by atomic mass is 9.97. The number of anilines is 1. The number of carbonyl (C=O) groups is 3. The number of urea groups is 1. The highest BCUT2D eigenvalue weighted by Gasteiger charge is 2.27. The van der Waals surface area contributed by atoms with Gasteiger partial charge in [-0.05, 0) is 43.9 Å². The van der Waals surface area contributed by atoms with Crippen molar-refractivity contribution < 1.29 is 19.5 Å². The fraction of sp³-hybridized carbons (Fsp3) is 0.500. The highest BCUT2D eigenvalue weighted by Crippen LogP contribution is 2.24. The highest BCUT2D eigenvalue weighted by molar-refractivity contribution is 5.97. The molecule has 7 nitrogen and oxygen atoms in total. The molecule has 3 amide bonds. The summed E-state index contributed by atoms with van der Waals surface area (Å²) in [5.41, 5.74) is 1.06. The number of carboxylic acids is 1. The largest absolute Gasteiger partial charge is 0.481 e. The number of nitrogens with one attached hydrogen (secondary N) is 1. The van der Waals surface area contributed by atoms with Crippen LogP contribution in [0.5, 0.6) is 0 Å². The van der Waals surface area contributed by atoms with E-state index in [1.165, 1.54) is 4.90 Å². The third kappa shape index (κ3) is 5.20. The molecule has 1 heterocycles. The minimum absolute atomic E-state index is 0.0441. The lowest BCUT2D eigenvalue weighted by molar-refractivity contribution is -0.137. The first-order valence-corrected chi connectivity index (χ1v) is 8.49. The average Bonchev–Trinajstić information content (AvgIpc) is 2.59. The smallest absolute Gasteiger partial charge is 0.321 e. The zero-order valence-corrected chi connectivity index (χ0v) is 14.7. The number of hydrogen-bond donors (Lipinski definition) is 2. The molecule has 0 spiro atoms. The number of piperidine rings is 1. The van der Waals surface area contributed by atoms with E-state index in [0.717, 1.165) is 19.3 Å². The fourth-order valence-corrected chi connectivity index (χ4v) is 2.99. The molecule has 1 fully saturated rings. The SMILES string of the molecule is CN(C)C(=O)Nc1cccc(C(=O)N2CCCCC2CCC(=O)O)c1. The number of benzene rings is 1. The molecule has 0 aliphatic carbocycles. The van der Waals surface area contributed by atoms with Crippen LogP contribution in [0, 0.1) is 0 Å². The van der Waals surface area contributed by atoms with Gasteiger partial charge in [-0.1, -0.05) is 6.07 Å². The van der Waals surface area contributed by atoms with E-state index in [9.17, 15) is 14.4 Å². The van der Waals surface area contributed by atoms with Crippen LogP contribution in [-0.2, 0) is 4.79 Å². The Kier molecular flexibility index (Phi) is 6.38. The van der Waals surface area contributed by atoms with Crippen molar-refractivity contribution in [3.05, 3.63) is 29.8 Å². The molecule has 136 valence electrons. The number of rotatable bonds is 5. The van der Waals surface area contributed by atoms with Gasteiger partial charge in [0.15, 0.2) is 0 Å². The first kappa shape index (κ1) is 18.8. The van der Waals surface area contributed by atoms with Crippen molar-refractivity contribution in [2.45, 2.75) is 38.1 Å². The number of carboxylic acid groups (broad SMARTS) is 1. The van der Waals surface area contributed by atoms with Gasteiger partial charge in [0.25, 0.3) is 5.91 Å². The second-order valence-electron chi connectivity index (χ2n) is 6.49. The van der Waals surface area contributed by atoms with E-state index in [2.05, 4.69) is 5.32 Å². The average molecular weight is 347 g/mol. The Morgan fingerprint density at radius 1 is 1.28 bits per heavy atom. The monoisotopic (exact) mass is 347 g/mol. The molecule has 0 aromatic heterocycles. The van der Waals surface area contributed by atoms with Crippen molar-refractivity contribution >= 4 is 23.6 Å². The molecule has 25 heavy (non-hydrogen) atoms. The van der Waals surface area contributed by atoms with Crippen LogP contribution in [0.4, 0.5) is 10.5 Å². The van der Waals surface area contributed by atoms with Gasteiger partial charge in [-0.3, -0.25) is 9.59 Å². The van der Waals surface area contributed by atoms with E-state index >= 15 is 0 Å². The summed E-state index contributed by atoms with van der Waals surface area (Å²) in [6, 6.07) is 6.54. The number of likely N-dealkylation sites (tertiary alicyclic amines) is 1. The third-order valence-corrected chi connectivity index (χ3v) is 4.35. The maximum Gasteiger partial charge on any atom is 0.321 e. The third-order valence-electron chi connectivity index (χ3n) is 4.35. The standard InChI is InChI=1S/C18H25N3O4/c1-20(2)18(25)19-14-7-5-6-13(12-14)17(24)21-11-4-3-8-15(21)9-10-16(22)23/h5-7,12,15H,3-4,8-11H2,1-2H3,(H,19,25)(H,22,23). The van der Waals surface area contributed by atoms with Gasteiger partial charge >= 0.3 is 12.0 Å². The minimum Gasteiger partial charge on any atom is -0.481 e. The molecule has 2 N–H and O–H groups in total. The number of hydrogen-bond acceptors (Lipinski definition) is 3. The quantitative estimate of drug-likeness (QED) is 0.857. The Morgan fingerprint density at radius 2 is 2.04 bits per heavy atom. The van der Waals surface area contributed by atoms with Gasteiger partial charge in [-0.2, -0.15) is 0 Å². The lowest BCUT2D eigenvalue weighted by Gasteiger charge is -2.35. The molecule has 0 radical (unpaired) electrons. The second kappa shape index (κ2) is 8.50. The van der Waals surface area contributed by atoms with Crippen LogP contribution in [-0.4, -0.2) is 59.5 Å². The Balaban J connectivity index is 2.12. The van der Waals surface area contributed by atoms with Crippen molar-refractivity contribution in [3.8, 4) is 0 Å². The van der Waals surface area contributed by atoms with Crippen LogP contribution in [0.1, 0.15) is 42.5 Å². The van der Waals surface area contributed by atoms with E-state index in [1.807, 2.05) is 0 Å². The molecule has 1 atom stereocenters. The van der Waals surface area contributed by atoms with Crippen molar-refractivity contribution in [2.24, 2.45) is 0 Å². The second-order valence-corrected chi connectivity index (χ2v) is 6.49. The molecule has 1 aromatic rings. The van der Waals surface area contributed by atoms with Gasteiger partial charge in [-0.25, -0.2) is 4.79 Å². The van der Waals surface area contributed by atoms with E-state index in [1.54, 1.807) is 43.3 Å². The zero-order chi connectivity index (χ0) is 18.4. The topological polar surface area (TPSA) is 90.0 Å². The Bertz CT molecular complexity index is 645. The number of aliphatic carboxylic acids is 1. The van der Waals surface area contributed by atoms with Crippen molar-refractivity contribution in [1.82, 2.24) is 9.80 Å². The van der Waals surface area contributed by atoms with Gasteiger partial charge in [0.2, 0.25) is 0 Å². The molecular weight excluding hydrogens is 322 g/mol.